The summed E-state index contributed by atoms with van der Waals surface area (Å²) in [6.45, 7) is 2.97. The zero-order chi connectivity index (χ0) is 23.1. The molecule has 0 radical (unpaired) electrons. The number of fused-ring (bicyclic) bond motifs is 1. The van der Waals surface area contributed by atoms with Gasteiger partial charge in [-0.25, -0.2) is 14.4 Å². The predicted octanol–water partition coefficient (Wildman–Crippen LogP) is 2.77. The van der Waals surface area contributed by atoms with Crippen LogP contribution < -0.4 is 4.90 Å². The number of carbonyl (C=O) groups excluding carboxylic acids is 2. The van der Waals surface area contributed by atoms with Crippen molar-refractivity contribution in [1.29, 1.82) is 0 Å². The summed E-state index contributed by atoms with van der Waals surface area (Å²) in [6, 6.07) is 7.77. The van der Waals surface area contributed by atoms with Crippen LogP contribution in [-0.2, 0) is 24.7 Å². The SMILES string of the molecule is Cc1nc(C2CCCN2C(=O)c2ccnn2C)nc2c1CC(=O)N2CCc1ccc(F)cc1. The minimum absolute atomic E-state index is 0.0177. The average Bonchev–Trinajstić information content (AvgIpc) is 3.52. The van der Waals surface area contributed by atoms with Crippen LogP contribution in [0.25, 0.3) is 0 Å². The van der Waals surface area contributed by atoms with Crippen LogP contribution in [0.15, 0.2) is 36.5 Å². The van der Waals surface area contributed by atoms with Crippen molar-refractivity contribution in [3.8, 4) is 0 Å². The molecule has 1 fully saturated rings. The number of likely N-dealkylation sites (tertiary alicyclic amines) is 1. The molecule has 4 heterocycles. The summed E-state index contributed by atoms with van der Waals surface area (Å²) in [5.74, 6) is 0.806. The molecule has 0 N–H and O–H groups in total. The van der Waals surface area contributed by atoms with Crippen molar-refractivity contribution in [2.45, 2.75) is 38.6 Å². The van der Waals surface area contributed by atoms with Gasteiger partial charge in [0, 0.05) is 37.6 Å². The summed E-state index contributed by atoms with van der Waals surface area (Å²) >= 11 is 0. The second-order valence-corrected chi connectivity index (χ2v) is 8.56. The molecular weight excluding hydrogens is 423 g/mol. The van der Waals surface area contributed by atoms with E-state index in [-0.39, 0.29) is 30.1 Å². The van der Waals surface area contributed by atoms with Gasteiger partial charge < -0.3 is 4.90 Å². The zero-order valence-electron chi connectivity index (χ0n) is 18.7. The van der Waals surface area contributed by atoms with Crippen molar-refractivity contribution >= 4 is 17.6 Å². The third-order valence-corrected chi connectivity index (χ3v) is 6.48. The van der Waals surface area contributed by atoms with Gasteiger partial charge in [-0.3, -0.25) is 19.2 Å². The Hall–Kier alpha value is -3.62. The van der Waals surface area contributed by atoms with Gasteiger partial charge in [0.2, 0.25) is 5.91 Å². The fraction of sp³-hybridized carbons (Fsp3) is 0.375. The van der Waals surface area contributed by atoms with Crippen molar-refractivity contribution < 1.29 is 14.0 Å². The van der Waals surface area contributed by atoms with Crippen LogP contribution in [-0.4, -0.2) is 49.6 Å². The highest BCUT2D eigenvalue weighted by molar-refractivity contribution is 6.00. The van der Waals surface area contributed by atoms with E-state index >= 15 is 0 Å². The maximum absolute atomic E-state index is 13.2. The molecule has 1 atom stereocenters. The number of halogens is 1. The molecular formula is C24H25FN6O2. The first kappa shape index (κ1) is 21.2. The number of nitrogens with zero attached hydrogens (tertiary/aromatic N) is 6. The third-order valence-electron chi connectivity index (χ3n) is 6.48. The van der Waals surface area contributed by atoms with E-state index in [0.29, 0.717) is 36.8 Å². The molecule has 33 heavy (non-hydrogen) atoms. The lowest BCUT2D eigenvalue weighted by Gasteiger charge is -2.25. The average molecular weight is 449 g/mol. The van der Waals surface area contributed by atoms with Crippen LogP contribution in [0.3, 0.4) is 0 Å². The van der Waals surface area contributed by atoms with Crippen molar-refractivity contribution in [2.24, 2.45) is 7.05 Å². The third kappa shape index (κ3) is 3.88. The van der Waals surface area contributed by atoms with E-state index in [1.807, 2.05) is 6.92 Å². The Kier molecular flexibility index (Phi) is 5.39. The van der Waals surface area contributed by atoms with Gasteiger partial charge in [0.05, 0.1) is 12.5 Å². The number of hydrogen-bond acceptors (Lipinski definition) is 5. The van der Waals surface area contributed by atoms with Gasteiger partial charge in [0.1, 0.15) is 17.3 Å². The van der Waals surface area contributed by atoms with E-state index in [0.717, 1.165) is 29.7 Å². The first-order valence-electron chi connectivity index (χ1n) is 11.1. The highest BCUT2D eigenvalue weighted by Gasteiger charge is 2.37. The van der Waals surface area contributed by atoms with Crippen LogP contribution in [0, 0.1) is 12.7 Å². The summed E-state index contributed by atoms with van der Waals surface area (Å²) in [7, 11) is 1.75. The molecule has 3 aromatic rings. The summed E-state index contributed by atoms with van der Waals surface area (Å²) < 4.78 is 14.8. The normalized spacial score (nSPS) is 17.7. The quantitative estimate of drug-likeness (QED) is 0.599. The lowest BCUT2D eigenvalue weighted by atomic mass is 10.1. The molecule has 0 bridgehead atoms. The van der Waals surface area contributed by atoms with Gasteiger partial charge in [-0.15, -0.1) is 0 Å². The molecule has 2 aliphatic heterocycles. The second-order valence-electron chi connectivity index (χ2n) is 8.56. The Labute approximate surface area is 191 Å². The lowest BCUT2D eigenvalue weighted by Crippen LogP contribution is -2.33. The summed E-state index contributed by atoms with van der Waals surface area (Å²) in [4.78, 5) is 38.9. The highest BCUT2D eigenvalue weighted by Crippen LogP contribution is 2.35. The minimum atomic E-state index is -0.281. The maximum Gasteiger partial charge on any atom is 0.272 e. The largest absolute Gasteiger partial charge is 0.327 e. The lowest BCUT2D eigenvalue weighted by molar-refractivity contribution is -0.117. The number of aryl methyl sites for hydroxylation is 2. The van der Waals surface area contributed by atoms with Gasteiger partial charge in [-0.1, -0.05) is 12.1 Å². The first-order valence-corrected chi connectivity index (χ1v) is 11.1. The molecule has 9 heteroatoms. The summed E-state index contributed by atoms with van der Waals surface area (Å²) in [6.07, 6.45) is 4.11. The Balaban J connectivity index is 1.42. The van der Waals surface area contributed by atoms with Crippen LogP contribution in [0.2, 0.25) is 0 Å². The number of aromatic nitrogens is 4. The van der Waals surface area contributed by atoms with E-state index < -0.39 is 0 Å². The summed E-state index contributed by atoms with van der Waals surface area (Å²) in [5.41, 5.74) is 3.08. The van der Waals surface area contributed by atoms with Gasteiger partial charge in [0.15, 0.2) is 5.82 Å². The maximum atomic E-state index is 13.2. The Morgan fingerprint density at radius 2 is 1.97 bits per heavy atom. The molecule has 170 valence electrons. The standard InChI is InChI=1S/C24H25FN6O2/c1-15-18-14-21(32)31(13-10-16-5-7-17(25)8-6-16)23(18)28-22(27-15)19-4-3-12-30(19)24(33)20-9-11-26-29(20)2/h5-9,11,19H,3-4,10,12-14H2,1-2H3. The molecule has 1 unspecified atom stereocenters. The molecule has 2 amide bonds. The molecule has 1 aromatic carbocycles. The molecule has 2 aromatic heterocycles. The zero-order valence-corrected chi connectivity index (χ0v) is 18.7. The molecule has 0 spiro atoms. The van der Waals surface area contributed by atoms with E-state index in [4.69, 9.17) is 9.97 Å². The van der Waals surface area contributed by atoms with Gasteiger partial charge in [0.25, 0.3) is 5.91 Å². The van der Waals surface area contributed by atoms with Gasteiger partial charge >= 0.3 is 0 Å². The Morgan fingerprint density at radius 1 is 1.18 bits per heavy atom. The molecule has 2 aliphatic rings. The number of benzene rings is 1. The number of anilines is 1. The topological polar surface area (TPSA) is 84.2 Å². The molecule has 1 saturated heterocycles. The minimum Gasteiger partial charge on any atom is -0.327 e. The van der Waals surface area contributed by atoms with Crippen molar-refractivity contribution in [3.05, 3.63) is 70.7 Å². The predicted molar refractivity (Wildman–Crippen MR) is 119 cm³/mol. The summed E-state index contributed by atoms with van der Waals surface area (Å²) in [5, 5.41) is 4.11. The number of carbonyl (C=O) groups is 2. The number of rotatable bonds is 5. The number of amides is 2. The molecule has 0 aliphatic carbocycles. The van der Waals surface area contributed by atoms with Gasteiger partial charge in [-0.2, -0.15) is 5.10 Å². The van der Waals surface area contributed by atoms with Crippen molar-refractivity contribution in [2.75, 3.05) is 18.0 Å². The van der Waals surface area contributed by atoms with Crippen LogP contribution in [0.5, 0.6) is 0 Å². The fourth-order valence-corrected chi connectivity index (χ4v) is 4.68. The van der Waals surface area contributed by atoms with E-state index in [2.05, 4.69) is 5.10 Å². The van der Waals surface area contributed by atoms with Gasteiger partial charge in [-0.05, 0) is 49.9 Å². The molecule has 8 nitrogen and oxygen atoms in total. The molecule has 5 rings (SSSR count). The highest BCUT2D eigenvalue weighted by atomic mass is 19.1. The number of hydrogen-bond donors (Lipinski definition) is 0. The smallest absolute Gasteiger partial charge is 0.272 e. The first-order chi connectivity index (χ1) is 15.9. The van der Waals surface area contributed by atoms with Crippen LogP contribution in [0.1, 0.15) is 52.0 Å². The van der Waals surface area contributed by atoms with Crippen molar-refractivity contribution in [3.63, 3.8) is 0 Å². The van der Waals surface area contributed by atoms with Crippen LogP contribution >= 0.6 is 0 Å². The van der Waals surface area contributed by atoms with E-state index in [9.17, 15) is 14.0 Å². The van der Waals surface area contributed by atoms with Crippen LogP contribution in [0.4, 0.5) is 10.2 Å². The Morgan fingerprint density at radius 3 is 2.70 bits per heavy atom. The Bertz CT molecular complexity index is 1220. The van der Waals surface area contributed by atoms with Crippen molar-refractivity contribution in [1.82, 2.24) is 24.6 Å². The van der Waals surface area contributed by atoms with E-state index in [1.165, 1.54) is 12.1 Å². The fourth-order valence-electron chi connectivity index (χ4n) is 4.68. The molecule has 0 saturated carbocycles. The van der Waals surface area contributed by atoms with E-state index in [1.54, 1.807) is 45.9 Å². The second kappa shape index (κ2) is 8.38. The monoisotopic (exact) mass is 448 g/mol.